The van der Waals surface area contributed by atoms with E-state index in [2.05, 4.69) is 44.3 Å². The summed E-state index contributed by atoms with van der Waals surface area (Å²) >= 11 is 0. The molecule has 0 rings (SSSR count). The maximum Gasteiger partial charge on any atom is 0.335 e. The van der Waals surface area contributed by atoms with Crippen LogP contribution in [-0.2, 0) is 66.0 Å². The lowest BCUT2D eigenvalue weighted by atomic mass is 9.82. The smallest absolute Gasteiger partial charge is 0.335 e. The Morgan fingerprint density at radius 2 is 0.836 bits per heavy atom. The van der Waals surface area contributed by atoms with Crippen molar-refractivity contribution in [2.24, 2.45) is 0 Å². The molecule has 382 valence electrons. The molecule has 0 aromatic heterocycles. The molecule has 0 spiro atoms. The number of nitrogens with one attached hydrogen (secondary N) is 5. The summed E-state index contributed by atoms with van der Waals surface area (Å²) in [6.45, 7) is 9.96. The Morgan fingerprint density at radius 3 is 1.24 bits per heavy atom. The SMILES string of the molecule is C#CCOCCOCCNC(=O)CCC(CCC(=O)NCCOCCOCC#C)(CCC(=O)NCCOCCOCC#C)NC(=O)CCCC(=O)NCCCCCCOP(=O)(OC)C(C)(C)C. The van der Waals surface area contributed by atoms with Crippen molar-refractivity contribution in [3.8, 4) is 37.0 Å². The lowest BCUT2D eigenvalue weighted by Crippen LogP contribution is -2.50. The Kier molecular flexibility index (Phi) is 38.5. The van der Waals surface area contributed by atoms with Gasteiger partial charge in [-0.25, -0.2) is 0 Å². The van der Waals surface area contributed by atoms with Crippen molar-refractivity contribution in [3.05, 3.63) is 0 Å². The number of hydrogen-bond acceptors (Lipinski definition) is 14. The van der Waals surface area contributed by atoms with E-state index in [9.17, 15) is 28.5 Å². The number of hydrogen-bond donors (Lipinski definition) is 5. The summed E-state index contributed by atoms with van der Waals surface area (Å²) in [6, 6.07) is 0. The third kappa shape index (κ3) is 35.7. The quantitative estimate of drug-likeness (QED) is 0.0336. The first kappa shape index (κ1) is 62.9. The predicted octanol–water partition coefficient (Wildman–Crippen LogP) is 3.03. The molecule has 0 bridgehead atoms. The molecule has 5 amide bonds. The van der Waals surface area contributed by atoms with Gasteiger partial charge in [-0.1, -0.05) is 30.6 Å². The van der Waals surface area contributed by atoms with Gasteiger partial charge in [0.1, 0.15) is 19.8 Å². The van der Waals surface area contributed by atoms with Crippen LogP contribution in [0.4, 0.5) is 0 Å². The molecule has 0 saturated carbocycles. The number of unbranched alkanes of at least 4 members (excludes halogenated alkanes) is 3. The van der Waals surface area contributed by atoms with E-state index >= 15 is 0 Å². The maximum absolute atomic E-state index is 13.6. The largest absolute Gasteiger partial charge is 0.377 e. The number of carbonyl (C=O) groups is 5. The monoisotopic (exact) mass is 970 g/mol. The van der Waals surface area contributed by atoms with Crippen molar-refractivity contribution in [1.29, 1.82) is 0 Å². The number of carbonyl (C=O) groups excluding carboxylic acids is 5. The van der Waals surface area contributed by atoms with Crippen molar-refractivity contribution in [1.82, 2.24) is 26.6 Å². The third-order valence-electron chi connectivity index (χ3n) is 9.80. The molecule has 5 N–H and O–H groups in total. The first-order valence-electron chi connectivity index (χ1n) is 23.1. The molecule has 0 saturated heterocycles. The second-order valence-electron chi connectivity index (χ2n) is 16.3. The van der Waals surface area contributed by atoms with Crippen LogP contribution in [0.25, 0.3) is 0 Å². The zero-order chi connectivity index (χ0) is 49.9. The summed E-state index contributed by atoms with van der Waals surface area (Å²) in [4.78, 5) is 65.5. The van der Waals surface area contributed by atoms with Crippen LogP contribution in [0.15, 0.2) is 0 Å². The van der Waals surface area contributed by atoms with Gasteiger partial charge in [0.2, 0.25) is 29.5 Å². The van der Waals surface area contributed by atoms with E-state index in [1.165, 1.54) is 7.11 Å². The molecule has 20 heteroatoms. The van der Waals surface area contributed by atoms with Crippen LogP contribution in [0.3, 0.4) is 0 Å². The molecule has 0 radical (unpaired) electrons. The highest BCUT2D eigenvalue weighted by atomic mass is 31.2. The van der Waals surface area contributed by atoms with Crippen LogP contribution in [-0.4, -0.2) is 159 Å². The van der Waals surface area contributed by atoms with Crippen LogP contribution >= 0.6 is 7.60 Å². The van der Waals surface area contributed by atoms with Gasteiger partial charge < -0.3 is 64.1 Å². The van der Waals surface area contributed by atoms with E-state index in [0.717, 1.165) is 19.3 Å². The molecule has 0 aromatic carbocycles. The van der Waals surface area contributed by atoms with E-state index in [1.54, 1.807) is 0 Å². The fourth-order valence-corrected chi connectivity index (χ4v) is 7.51. The number of ether oxygens (including phenoxy) is 6. The molecule has 1 unspecified atom stereocenters. The van der Waals surface area contributed by atoms with Gasteiger partial charge in [0.05, 0.1) is 71.2 Å². The van der Waals surface area contributed by atoms with E-state index in [0.29, 0.717) is 59.2 Å². The Labute approximate surface area is 399 Å². The molecule has 0 aliphatic rings. The molecular weight excluding hydrogens is 890 g/mol. The summed E-state index contributed by atoms with van der Waals surface area (Å²) in [5.74, 6) is 5.59. The van der Waals surface area contributed by atoms with Crippen LogP contribution in [0.1, 0.15) is 104 Å². The van der Waals surface area contributed by atoms with Crippen molar-refractivity contribution in [2.45, 2.75) is 115 Å². The standard InChI is InChI=1S/C47H80N5O14P/c1-8-28-60-35-38-63-32-25-49-42(54)18-21-47(22-19-43(55)50-26-33-64-39-36-61-29-9-2,23-20-44(56)51-27-34-65-40-37-62-30-10-3)52-45(57)17-15-16-41(53)48-24-13-11-12-14-31-66-67(58,59-7)46(4,5)6/h1-3H,11-40H2,4-7H3,(H,48,53)(H,49,54)(H,50,55)(H,51,56)(H,52,57). The maximum atomic E-state index is 13.6. The first-order chi connectivity index (χ1) is 32.2. The molecule has 67 heavy (non-hydrogen) atoms. The normalized spacial score (nSPS) is 12.2. The fraction of sp³-hybridized carbons (Fsp3) is 0.766. The van der Waals surface area contributed by atoms with E-state index in [4.69, 9.17) is 56.7 Å². The molecule has 19 nitrogen and oxygen atoms in total. The Hall–Kier alpha value is -4.06. The summed E-state index contributed by atoms with van der Waals surface area (Å²) < 4.78 is 55.5. The minimum Gasteiger partial charge on any atom is -0.377 e. The van der Waals surface area contributed by atoms with Crippen LogP contribution < -0.4 is 26.6 Å². The van der Waals surface area contributed by atoms with Crippen LogP contribution in [0.2, 0.25) is 0 Å². The lowest BCUT2D eigenvalue weighted by Gasteiger charge is -2.35. The Balaban J connectivity index is 5.55. The minimum atomic E-state index is -3.21. The van der Waals surface area contributed by atoms with Crippen LogP contribution in [0, 0.1) is 37.0 Å². The molecule has 0 aliphatic heterocycles. The molecule has 1 atom stereocenters. The summed E-state index contributed by atoms with van der Waals surface area (Å²) in [7, 11) is -1.82. The highest BCUT2D eigenvalue weighted by Gasteiger charge is 2.38. The minimum absolute atomic E-state index is 0.00710. The second kappa shape index (κ2) is 41.0. The summed E-state index contributed by atoms with van der Waals surface area (Å²) in [5.41, 5.74) is -1.15. The van der Waals surface area contributed by atoms with Gasteiger partial charge in [-0.3, -0.25) is 28.5 Å². The van der Waals surface area contributed by atoms with Gasteiger partial charge >= 0.3 is 7.60 Å². The topological polar surface area (TPSA) is 236 Å². The summed E-state index contributed by atoms with van der Waals surface area (Å²) in [6.07, 6.45) is 19.2. The van der Waals surface area contributed by atoms with Gasteiger partial charge in [0, 0.05) is 70.9 Å². The third-order valence-corrected chi connectivity index (χ3v) is 12.4. The Bertz CT molecular complexity index is 1440. The molecule has 0 aliphatic carbocycles. The molecule has 0 heterocycles. The van der Waals surface area contributed by atoms with Crippen molar-refractivity contribution < 1.29 is 66.0 Å². The molecule has 0 aromatic rings. The first-order valence-corrected chi connectivity index (χ1v) is 24.7. The Morgan fingerprint density at radius 1 is 0.463 bits per heavy atom. The van der Waals surface area contributed by atoms with Gasteiger partial charge in [-0.2, -0.15) is 0 Å². The fourth-order valence-electron chi connectivity index (χ4n) is 6.10. The zero-order valence-electron chi connectivity index (χ0n) is 40.6. The van der Waals surface area contributed by atoms with Crippen molar-refractivity contribution >= 4 is 37.1 Å². The summed E-state index contributed by atoms with van der Waals surface area (Å²) in [5, 5.41) is 13.8. The van der Waals surface area contributed by atoms with E-state index in [-0.39, 0.29) is 147 Å². The highest BCUT2D eigenvalue weighted by Crippen LogP contribution is 2.59. The van der Waals surface area contributed by atoms with Gasteiger partial charge in [-0.15, -0.1) is 19.3 Å². The van der Waals surface area contributed by atoms with Gasteiger partial charge in [0.25, 0.3) is 0 Å². The predicted molar refractivity (Wildman–Crippen MR) is 255 cm³/mol. The van der Waals surface area contributed by atoms with Crippen LogP contribution in [0.5, 0.6) is 0 Å². The van der Waals surface area contributed by atoms with E-state index in [1.807, 2.05) is 20.8 Å². The molecular formula is C47H80N5O14P. The van der Waals surface area contributed by atoms with E-state index < -0.39 is 18.3 Å². The zero-order valence-corrected chi connectivity index (χ0v) is 41.5. The lowest BCUT2D eigenvalue weighted by molar-refractivity contribution is -0.128. The highest BCUT2D eigenvalue weighted by molar-refractivity contribution is 7.55. The van der Waals surface area contributed by atoms with Gasteiger partial charge in [-0.05, 0) is 59.3 Å². The van der Waals surface area contributed by atoms with Crippen molar-refractivity contribution in [3.63, 3.8) is 0 Å². The van der Waals surface area contributed by atoms with Crippen molar-refractivity contribution in [2.75, 3.05) is 119 Å². The molecule has 0 fully saturated rings. The van der Waals surface area contributed by atoms with Gasteiger partial charge in [0.15, 0.2) is 0 Å². The number of rotatable bonds is 44. The second-order valence-corrected chi connectivity index (χ2v) is 19.2. The average Bonchev–Trinajstić information content (AvgIpc) is 3.29. The number of terminal acetylenes is 3. The number of amides is 5. The average molecular weight is 970 g/mol.